The molecule has 0 aliphatic carbocycles. The van der Waals surface area contributed by atoms with Crippen molar-refractivity contribution in [3.63, 3.8) is 0 Å². The maximum absolute atomic E-state index is 12.9. The molecule has 1 N–H and O–H groups in total. The Kier molecular flexibility index (Phi) is 6.61. The number of fused-ring (bicyclic) bond motifs is 1. The molecule has 3 heterocycles. The number of carbonyl (C=O) groups excluding carboxylic acids is 1. The maximum Gasteiger partial charge on any atom is 0.225 e. The van der Waals surface area contributed by atoms with E-state index in [2.05, 4.69) is 71.9 Å². The van der Waals surface area contributed by atoms with Crippen LogP contribution in [0.25, 0.3) is 16.0 Å². The summed E-state index contributed by atoms with van der Waals surface area (Å²) in [5.74, 6) is 0.0997. The second-order valence-corrected chi connectivity index (χ2v) is 10.7. The second kappa shape index (κ2) is 9.80. The molecule has 2 aromatic carbocycles. The van der Waals surface area contributed by atoms with Crippen LogP contribution < -0.4 is 10.2 Å². The number of anilines is 1. The normalized spacial score (nSPS) is 16.2. The molecule has 0 bridgehead atoms. The van der Waals surface area contributed by atoms with Crippen LogP contribution in [0.3, 0.4) is 0 Å². The van der Waals surface area contributed by atoms with Crippen LogP contribution in [0.15, 0.2) is 53.4 Å². The van der Waals surface area contributed by atoms with Crippen molar-refractivity contribution in [1.82, 2.24) is 20.1 Å². The quantitative estimate of drug-likeness (QED) is 0.368. The Hall–Kier alpha value is -2.84. The topological polar surface area (TPSA) is 63.1 Å². The number of amides is 1. The van der Waals surface area contributed by atoms with E-state index in [1.165, 1.54) is 10.5 Å². The van der Waals surface area contributed by atoms with Gasteiger partial charge in [-0.15, -0.1) is 11.8 Å². The lowest BCUT2D eigenvalue weighted by molar-refractivity contribution is -0.125. The smallest absolute Gasteiger partial charge is 0.225 e. The first-order chi connectivity index (χ1) is 16.5. The van der Waals surface area contributed by atoms with Crippen LogP contribution in [0, 0.1) is 19.8 Å². The molecule has 1 aliphatic heterocycles. The van der Waals surface area contributed by atoms with E-state index in [1.807, 2.05) is 11.6 Å². The molecule has 0 saturated carbocycles. The van der Waals surface area contributed by atoms with Crippen molar-refractivity contribution >= 4 is 44.5 Å². The van der Waals surface area contributed by atoms with Gasteiger partial charge in [0.1, 0.15) is 0 Å². The first kappa shape index (κ1) is 22.9. The van der Waals surface area contributed by atoms with Crippen molar-refractivity contribution in [2.24, 2.45) is 5.92 Å². The molecule has 176 valence electrons. The number of hydrogen-bond donors (Lipinski definition) is 1. The summed E-state index contributed by atoms with van der Waals surface area (Å²) in [5, 5.41) is 8.84. The Balaban J connectivity index is 1.29. The third-order valence-electron chi connectivity index (χ3n) is 6.34. The number of rotatable bonds is 6. The number of carbonyl (C=O) groups is 1. The van der Waals surface area contributed by atoms with E-state index < -0.39 is 0 Å². The minimum Gasteiger partial charge on any atom is -0.352 e. The summed E-state index contributed by atoms with van der Waals surface area (Å²) in [6.45, 7) is 6.31. The van der Waals surface area contributed by atoms with Gasteiger partial charge < -0.3 is 10.2 Å². The standard InChI is InChI=1S/C26H29N5OS2/c1-17-6-10-21(11-7-17)31-24-23(18(2)29-31)34-26(28-24)30-14-4-5-20(16-30)25(32)27-15-19-8-12-22(33-3)13-9-19/h6-13,20H,4-5,14-16H2,1-3H3,(H,27,32)/t20-/m1/s1. The van der Waals surface area contributed by atoms with Gasteiger partial charge in [-0.3, -0.25) is 4.79 Å². The zero-order valence-corrected chi connectivity index (χ0v) is 21.4. The van der Waals surface area contributed by atoms with E-state index in [-0.39, 0.29) is 11.8 Å². The van der Waals surface area contributed by atoms with Gasteiger partial charge >= 0.3 is 0 Å². The summed E-state index contributed by atoms with van der Waals surface area (Å²) in [6, 6.07) is 16.7. The van der Waals surface area contributed by atoms with Gasteiger partial charge in [0.05, 0.1) is 22.0 Å². The van der Waals surface area contributed by atoms with Crippen molar-refractivity contribution in [3.8, 4) is 5.69 Å². The Morgan fingerprint density at radius 2 is 1.91 bits per heavy atom. The minimum atomic E-state index is -0.0269. The molecule has 34 heavy (non-hydrogen) atoms. The van der Waals surface area contributed by atoms with Gasteiger partial charge in [-0.25, -0.2) is 4.68 Å². The van der Waals surface area contributed by atoms with E-state index in [4.69, 9.17) is 10.1 Å². The lowest BCUT2D eigenvalue weighted by Gasteiger charge is -2.31. The van der Waals surface area contributed by atoms with Gasteiger partial charge in [0.2, 0.25) is 5.91 Å². The van der Waals surface area contributed by atoms with Gasteiger partial charge in [0.25, 0.3) is 0 Å². The number of hydrogen-bond acceptors (Lipinski definition) is 6. The van der Waals surface area contributed by atoms with E-state index in [9.17, 15) is 4.79 Å². The maximum atomic E-state index is 12.9. The summed E-state index contributed by atoms with van der Waals surface area (Å²) in [4.78, 5) is 21.4. The van der Waals surface area contributed by atoms with E-state index in [0.717, 1.165) is 51.8 Å². The van der Waals surface area contributed by atoms with Crippen LogP contribution in [0.2, 0.25) is 0 Å². The molecule has 0 radical (unpaired) electrons. The van der Waals surface area contributed by atoms with E-state index in [0.29, 0.717) is 13.1 Å². The number of thioether (sulfide) groups is 1. The number of thiazole rings is 1. The van der Waals surface area contributed by atoms with E-state index >= 15 is 0 Å². The van der Waals surface area contributed by atoms with Crippen LogP contribution in [0.5, 0.6) is 0 Å². The van der Waals surface area contributed by atoms with Gasteiger partial charge in [0, 0.05) is 24.5 Å². The number of nitrogens with zero attached hydrogens (tertiary/aromatic N) is 4. The predicted octanol–water partition coefficient (Wildman–Crippen LogP) is 5.35. The number of aryl methyl sites for hydroxylation is 2. The van der Waals surface area contributed by atoms with Crippen LogP contribution >= 0.6 is 23.1 Å². The number of benzene rings is 2. The van der Waals surface area contributed by atoms with Crippen LogP contribution in [-0.2, 0) is 11.3 Å². The molecule has 0 spiro atoms. The molecule has 2 aromatic heterocycles. The Bertz CT molecular complexity index is 1290. The zero-order valence-electron chi connectivity index (χ0n) is 19.7. The largest absolute Gasteiger partial charge is 0.352 e. The highest BCUT2D eigenvalue weighted by atomic mass is 32.2. The Morgan fingerprint density at radius 3 is 2.65 bits per heavy atom. The highest BCUT2D eigenvalue weighted by Crippen LogP contribution is 2.34. The van der Waals surface area contributed by atoms with Crippen molar-refractivity contribution in [2.75, 3.05) is 24.2 Å². The van der Waals surface area contributed by atoms with Gasteiger partial charge in [-0.05, 0) is 62.8 Å². The average Bonchev–Trinajstić information content (AvgIpc) is 3.44. The number of nitrogens with one attached hydrogen (secondary N) is 1. The average molecular weight is 492 g/mol. The van der Waals surface area contributed by atoms with Gasteiger partial charge in [-0.2, -0.15) is 10.1 Å². The van der Waals surface area contributed by atoms with Crippen LogP contribution in [-0.4, -0.2) is 40.0 Å². The molecule has 6 nitrogen and oxygen atoms in total. The predicted molar refractivity (Wildman–Crippen MR) is 141 cm³/mol. The highest BCUT2D eigenvalue weighted by molar-refractivity contribution is 7.98. The van der Waals surface area contributed by atoms with Crippen LogP contribution in [0.4, 0.5) is 5.13 Å². The lowest BCUT2D eigenvalue weighted by Crippen LogP contribution is -2.43. The third kappa shape index (κ3) is 4.70. The summed E-state index contributed by atoms with van der Waals surface area (Å²) >= 11 is 3.40. The fourth-order valence-electron chi connectivity index (χ4n) is 4.37. The lowest BCUT2D eigenvalue weighted by atomic mass is 9.97. The first-order valence-corrected chi connectivity index (χ1v) is 13.6. The van der Waals surface area contributed by atoms with Crippen LogP contribution in [0.1, 0.15) is 29.7 Å². The molecule has 0 unspecified atom stereocenters. The Labute approximate surface area is 208 Å². The molecule has 8 heteroatoms. The molecule has 1 aliphatic rings. The number of aromatic nitrogens is 3. The van der Waals surface area contributed by atoms with Gasteiger partial charge in [0.15, 0.2) is 10.8 Å². The number of piperidine rings is 1. The molecular formula is C26H29N5OS2. The molecule has 1 atom stereocenters. The second-order valence-electron chi connectivity index (χ2n) is 8.83. The summed E-state index contributed by atoms with van der Waals surface area (Å²) in [5.41, 5.74) is 5.24. The molecule has 1 saturated heterocycles. The highest BCUT2D eigenvalue weighted by Gasteiger charge is 2.28. The zero-order chi connectivity index (χ0) is 23.7. The van der Waals surface area contributed by atoms with Crippen molar-refractivity contribution < 1.29 is 4.79 Å². The monoisotopic (exact) mass is 491 g/mol. The molecular weight excluding hydrogens is 462 g/mol. The van der Waals surface area contributed by atoms with E-state index in [1.54, 1.807) is 23.1 Å². The van der Waals surface area contributed by atoms with Crippen molar-refractivity contribution in [3.05, 3.63) is 65.4 Å². The molecule has 4 aromatic rings. The molecule has 1 fully saturated rings. The SMILES string of the molecule is CSc1ccc(CNC(=O)[C@@H]2CCCN(c3nc4c(s3)c(C)nn4-c3ccc(C)cc3)C2)cc1. The van der Waals surface area contributed by atoms with Crippen molar-refractivity contribution in [1.29, 1.82) is 0 Å². The Morgan fingerprint density at radius 1 is 1.15 bits per heavy atom. The minimum absolute atomic E-state index is 0.0269. The fraction of sp³-hybridized carbons (Fsp3) is 0.346. The van der Waals surface area contributed by atoms with Gasteiger partial charge in [-0.1, -0.05) is 41.2 Å². The fourth-order valence-corrected chi connectivity index (χ4v) is 5.80. The summed E-state index contributed by atoms with van der Waals surface area (Å²) < 4.78 is 3.04. The van der Waals surface area contributed by atoms with Crippen molar-refractivity contribution in [2.45, 2.75) is 38.1 Å². The summed E-state index contributed by atoms with van der Waals surface area (Å²) in [6.07, 6.45) is 3.96. The third-order valence-corrected chi connectivity index (χ3v) is 8.30. The first-order valence-electron chi connectivity index (χ1n) is 11.6. The molecule has 5 rings (SSSR count). The molecule has 1 amide bonds. The summed E-state index contributed by atoms with van der Waals surface area (Å²) in [7, 11) is 0.